The van der Waals surface area contributed by atoms with E-state index >= 15 is 0 Å². The molecule has 0 radical (unpaired) electrons. The number of methoxy groups -OCH3 is 3. The van der Waals surface area contributed by atoms with Gasteiger partial charge in [0, 0.05) is 14.2 Å². The molecule has 0 saturated heterocycles. The van der Waals surface area contributed by atoms with E-state index in [2.05, 4.69) is 5.32 Å². The SMILES string of the molecule is COc1cc(C)cc2c1C(OC)(OC)C(=O)N2. The Labute approximate surface area is 99.7 Å². The van der Waals surface area contributed by atoms with Crippen LogP contribution in [0.25, 0.3) is 0 Å². The van der Waals surface area contributed by atoms with Gasteiger partial charge in [0.1, 0.15) is 5.75 Å². The van der Waals surface area contributed by atoms with Crippen molar-refractivity contribution >= 4 is 11.6 Å². The maximum Gasteiger partial charge on any atom is 0.290 e. The number of nitrogens with one attached hydrogen (secondary N) is 1. The van der Waals surface area contributed by atoms with Gasteiger partial charge in [-0.1, -0.05) is 0 Å². The van der Waals surface area contributed by atoms with E-state index in [9.17, 15) is 4.79 Å². The first-order valence-corrected chi connectivity index (χ1v) is 5.20. The molecule has 1 N–H and O–H groups in total. The standard InChI is InChI=1S/C12H15NO4/c1-7-5-8-10(9(6-7)15-2)12(16-3,17-4)11(14)13-8/h5-6H,1-4H3,(H,13,14). The number of rotatable bonds is 3. The van der Waals surface area contributed by atoms with Gasteiger partial charge in [-0.25, -0.2) is 0 Å². The fourth-order valence-corrected chi connectivity index (χ4v) is 2.14. The summed E-state index contributed by atoms with van der Waals surface area (Å²) in [4.78, 5) is 12.0. The van der Waals surface area contributed by atoms with Gasteiger partial charge in [0.05, 0.1) is 18.4 Å². The number of ether oxygens (including phenoxy) is 3. The second-order valence-corrected chi connectivity index (χ2v) is 3.87. The lowest BCUT2D eigenvalue weighted by molar-refractivity contribution is -0.207. The maximum atomic E-state index is 12.0. The Bertz CT molecular complexity index is 466. The summed E-state index contributed by atoms with van der Waals surface area (Å²) in [5.41, 5.74) is 2.24. The Hall–Kier alpha value is -1.59. The Kier molecular flexibility index (Phi) is 2.81. The van der Waals surface area contributed by atoms with E-state index < -0.39 is 5.79 Å². The second kappa shape index (κ2) is 4.01. The van der Waals surface area contributed by atoms with Crippen LogP contribution in [-0.4, -0.2) is 27.2 Å². The monoisotopic (exact) mass is 237 g/mol. The molecule has 1 heterocycles. The molecule has 5 heteroatoms. The topological polar surface area (TPSA) is 56.8 Å². The number of aryl methyl sites for hydroxylation is 1. The Balaban J connectivity index is 2.70. The van der Waals surface area contributed by atoms with Crippen molar-refractivity contribution < 1.29 is 19.0 Å². The molecule has 92 valence electrons. The van der Waals surface area contributed by atoms with E-state index in [1.807, 2.05) is 19.1 Å². The van der Waals surface area contributed by atoms with Crippen molar-refractivity contribution in [2.75, 3.05) is 26.6 Å². The molecule has 0 aromatic heterocycles. The van der Waals surface area contributed by atoms with Crippen LogP contribution in [-0.2, 0) is 20.1 Å². The molecular formula is C12H15NO4. The zero-order valence-electron chi connectivity index (χ0n) is 10.3. The average molecular weight is 237 g/mol. The molecule has 0 unspecified atom stereocenters. The molecule has 0 saturated carbocycles. The van der Waals surface area contributed by atoms with Gasteiger partial charge in [0.2, 0.25) is 0 Å². The van der Waals surface area contributed by atoms with Crippen LogP contribution in [0.3, 0.4) is 0 Å². The van der Waals surface area contributed by atoms with E-state index in [4.69, 9.17) is 14.2 Å². The zero-order valence-corrected chi connectivity index (χ0v) is 10.3. The smallest absolute Gasteiger partial charge is 0.290 e. The third-order valence-electron chi connectivity index (χ3n) is 2.92. The first-order valence-electron chi connectivity index (χ1n) is 5.20. The Morgan fingerprint density at radius 1 is 1.18 bits per heavy atom. The third kappa shape index (κ3) is 1.50. The highest BCUT2D eigenvalue weighted by Gasteiger charge is 2.50. The second-order valence-electron chi connectivity index (χ2n) is 3.87. The maximum absolute atomic E-state index is 12.0. The van der Waals surface area contributed by atoms with Crippen molar-refractivity contribution in [1.82, 2.24) is 0 Å². The zero-order chi connectivity index (χ0) is 12.6. The largest absolute Gasteiger partial charge is 0.496 e. The van der Waals surface area contributed by atoms with Crippen LogP contribution in [0.15, 0.2) is 12.1 Å². The first-order chi connectivity index (χ1) is 8.08. The molecule has 1 aromatic carbocycles. The number of anilines is 1. The fraction of sp³-hybridized carbons (Fsp3) is 0.417. The summed E-state index contributed by atoms with van der Waals surface area (Å²) in [5, 5.41) is 2.74. The number of amides is 1. The number of hydrogen-bond acceptors (Lipinski definition) is 4. The Morgan fingerprint density at radius 3 is 2.35 bits per heavy atom. The number of carbonyl (C=O) groups excluding carboxylic acids is 1. The number of fused-ring (bicyclic) bond motifs is 1. The van der Waals surface area contributed by atoms with E-state index in [-0.39, 0.29) is 5.91 Å². The predicted octanol–water partition coefficient (Wildman–Crippen LogP) is 1.40. The summed E-state index contributed by atoms with van der Waals surface area (Å²) in [5.74, 6) is -1.20. The molecule has 2 rings (SSSR count). The highest BCUT2D eigenvalue weighted by molar-refractivity contribution is 6.05. The van der Waals surface area contributed by atoms with Crippen LogP contribution in [0, 0.1) is 6.92 Å². The predicted molar refractivity (Wildman–Crippen MR) is 62.1 cm³/mol. The lowest BCUT2D eigenvalue weighted by Gasteiger charge is -2.25. The molecule has 0 aliphatic carbocycles. The number of carbonyl (C=O) groups is 1. The van der Waals surface area contributed by atoms with E-state index in [1.54, 1.807) is 7.11 Å². The minimum absolute atomic E-state index is 0.346. The summed E-state index contributed by atoms with van der Waals surface area (Å²) < 4.78 is 15.8. The van der Waals surface area contributed by atoms with Crippen LogP contribution in [0.5, 0.6) is 5.75 Å². The van der Waals surface area contributed by atoms with Gasteiger partial charge in [-0.2, -0.15) is 0 Å². The summed E-state index contributed by atoms with van der Waals surface area (Å²) in [6.07, 6.45) is 0. The minimum Gasteiger partial charge on any atom is -0.496 e. The molecule has 1 aliphatic rings. The van der Waals surface area contributed by atoms with Gasteiger partial charge in [-0.3, -0.25) is 4.79 Å². The molecule has 17 heavy (non-hydrogen) atoms. The van der Waals surface area contributed by atoms with Crippen LogP contribution in [0.4, 0.5) is 5.69 Å². The van der Waals surface area contributed by atoms with Gasteiger partial charge in [-0.15, -0.1) is 0 Å². The molecule has 1 amide bonds. The molecule has 1 aromatic rings. The summed E-state index contributed by atoms with van der Waals surface area (Å²) in [6.45, 7) is 1.93. The summed E-state index contributed by atoms with van der Waals surface area (Å²) in [6, 6.07) is 3.70. The molecule has 0 spiro atoms. The number of hydrogen-bond donors (Lipinski definition) is 1. The highest BCUT2D eigenvalue weighted by atomic mass is 16.7. The van der Waals surface area contributed by atoms with Gasteiger partial charge >= 0.3 is 0 Å². The minimum atomic E-state index is -1.42. The first kappa shape index (κ1) is 11.9. The van der Waals surface area contributed by atoms with Crippen molar-refractivity contribution in [1.29, 1.82) is 0 Å². The normalized spacial score (nSPS) is 16.6. The average Bonchev–Trinajstić information content (AvgIpc) is 2.60. The van der Waals surface area contributed by atoms with Crippen LogP contribution in [0.1, 0.15) is 11.1 Å². The molecule has 0 fully saturated rings. The summed E-state index contributed by atoms with van der Waals surface area (Å²) in [7, 11) is 4.41. The van der Waals surface area contributed by atoms with Crippen molar-refractivity contribution in [2.45, 2.75) is 12.7 Å². The lowest BCUT2D eigenvalue weighted by Crippen LogP contribution is -2.38. The van der Waals surface area contributed by atoms with Gasteiger partial charge in [0.15, 0.2) is 0 Å². The fourth-order valence-electron chi connectivity index (χ4n) is 2.14. The van der Waals surface area contributed by atoms with E-state index in [0.717, 1.165) is 5.56 Å². The van der Waals surface area contributed by atoms with Crippen molar-refractivity contribution in [3.8, 4) is 5.75 Å². The van der Waals surface area contributed by atoms with Gasteiger partial charge in [0.25, 0.3) is 11.7 Å². The van der Waals surface area contributed by atoms with Crippen molar-refractivity contribution in [3.05, 3.63) is 23.3 Å². The van der Waals surface area contributed by atoms with Gasteiger partial charge < -0.3 is 19.5 Å². The van der Waals surface area contributed by atoms with Crippen LogP contribution < -0.4 is 10.1 Å². The molecular weight excluding hydrogens is 222 g/mol. The van der Waals surface area contributed by atoms with E-state index in [0.29, 0.717) is 17.0 Å². The molecule has 5 nitrogen and oxygen atoms in total. The lowest BCUT2D eigenvalue weighted by atomic mass is 10.0. The third-order valence-corrected chi connectivity index (χ3v) is 2.92. The summed E-state index contributed by atoms with van der Waals surface area (Å²) >= 11 is 0. The number of benzene rings is 1. The quantitative estimate of drug-likeness (QED) is 0.807. The van der Waals surface area contributed by atoms with Gasteiger partial charge in [-0.05, 0) is 24.6 Å². The molecule has 0 atom stereocenters. The van der Waals surface area contributed by atoms with E-state index in [1.165, 1.54) is 14.2 Å². The van der Waals surface area contributed by atoms with Crippen LogP contribution >= 0.6 is 0 Å². The van der Waals surface area contributed by atoms with Crippen molar-refractivity contribution in [3.63, 3.8) is 0 Å². The van der Waals surface area contributed by atoms with Crippen molar-refractivity contribution in [2.24, 2.45) is 0 Å². The highest BCUT2D eigenvalue weighted by Crippen LogP contribution is 2.45. The Morgan fingerprint density at radius 2 is 1.82 bits per heavy atom. The molecule has 0 bridgehead atoms. The molecule has 1 aliphatic heterocycles. The van der Waals surface area contributed by atoms with Crippen LogP contribution in [0.2, 0.25) is 0 Å².